The first kappa shape index (κ1) is 25.9. The molecule has 5 heteroatoms. The van der Waals surface area contributed by atoms with E-state index in [9.17, 15) is 9.50 Å². The van der Waals surface area contributed by atoms with Crippen molar-refractivity contribution in [2.45, 2.75) is 51.9 Å². The Morgan fingerprint density at radius 2 is 1.79 bits per heavy atom. The van der Waals surface area contributed by atoms with Gasteiger partial charge >= 0.3 is 0 Å². The lowest BCUT2D eigenvalue weighted by atomic mass is 9.94. The Hall–Kier alpha value is -2.73. The first-order chi connectivity index (χ1) is 16.2. The molecule has 0 heterocycles. The summed E-state index contributed by atoms with van der Waals surface area (Å²) in [6, 6.07) is 21.7. The van der Waals surface area contributed by atoms with Gasteiger partial charge in [-0.15, -0.1) is 0 Å². The molecule has 0 aliphatic heterocycles. The normalized spacial score (nSPS) is 13.5. The van der Waals surface area contributed by atoms with E-state index in [0.29, 0.717) is 13.0 Å². The molecule has 1 unspecified atom stereocenters. The second-order valence-corrected chi connectivity index (χ2v) is 9.48. The van der Waals surface area contributed by atoms with Crippen LogP contribution in [0.1, 0.15) is 43.6 Å². The third kappa shape index (κ3) is 7.13. The lowest BCUT2D eigenvalue weighted by molar-refractivity contribution is -0.00416. The summed E-state index contributed by atoms with van der Waals surface area (Å²) in [7, 11) is 1.45. The summed E-state index contributed by atoms with van der Waals surface area (Å²) in [5, 5.41) is 13.9. The summed E-state index contributed by atoms with van der Waals surface area (Å²) in [6.07, 6.45) is -0.188. The molecular weight excluding hydrogens is 429 g/mol. The van der Waals surface area contributed by atoms with Gasteiger partial charge in [0.2, 0.25) is 0 Å². The molecule has 2 N–H and O–H groups in total. The minimum Gasteiger partial charge on any atom is -0.494 e. The van der Waals surface area contributed by atoms with Crippen LogP contribution in [-0.2, 0) is 11.2 Å². The lowest BCUT2D eigenvalue weighted by Crippen LogP contribution is -2.46. The van der Waals surface area contributed by atoms with Gasteiger partial charge < -0.3 is 19.9 Å². The van der Waals surface area contributed by atoms with Gasteiger partial charge in [0.05, 0.1) is 25.9 Å². The van der Waals surface area contributed by atoms with Crippen molar-refractivity contribution in [1.29, 1.82) is 0 Å². The number of hydrogen-bond donors (Lipinski definition) is 2. The van der Waals surface area contributed by atoms with E-state index in [0.717, 1.165) is 16.7 Å². The van der Waals surface area contributed by atoms with Crippen molar-refractivity contribution >= 4 is 0 Å². The molecule has 182 valence electrons. The summed E-state index contributed by atoms with van der Waals surface area (Å²) in [4.78, 5) is 0. The molecular formula is C29H36FNO3. The second kappa shape index (κ2) is 11.6. The highest BCUT2D eigenvalue weighted by atomic mass is 19.1. The Bertz CT molecular complexity index is 1080. The zero-order chi connectivity index (χ0) is 24.7. The number of rotatable bonds is 11. The zero-order valence-electron chi connectivity index (χ0n) is 20.8. The summed E-state index contributed by atoms with van der Waals surface area (Å²) < 4.78 is 25.0. The number of aryl methyl sites for hydroxylation is 1. The van der Waals surface area contributed by atoms with Crippen LogP contribution in [0.2, 0.25) is 0 Å². The maximum atomic E-state index is 14.0. The summed E-state index contributed by atoms with van der Waals surface area (Å²) >= 11 is 0. The van der Waals surface area contributed by atoms with E-state index in [2.05, 4.69) is 36.5 Å². The van der Waals surface area contributed by atoms with Gasteiger partial charge in [-0.05, 0) is 80.1 Å². The number of β-amino-alcohol motifs (C(OH)–C–C–N with tert-alkyl or cyclic N) is 1. The minimum absolute atomic E-state index is 0.145. The van der Waals surface area contributed by atoms with E-state index < -0.39 is 6.10 Å². The standard InChI is InChI=1S/C29H36FNO3/c1-20-9-6-7-12-26(20)24-11-8-10-23(16-24)21(2)34-19-25(32)18-31-29(3,4)17-22-13-14-28(33-5)27(30)15-22/h6-16,21,25,31-32H,17-19H2,1-5H3/t21?,25-/m1/s1. The smallest absolute Gasteiger partial charge is 0.165 e. The first-order valence-corrected chi connectivity index (χ1v) is 11.7. The van der Waals surface area contributed by atoms with Gasteiger partial charge in [-0.25, -0.2) is 4.39 Å². The van der Waals surface area contributed by atoms with Crippen LogP contribution < -0.4 is 10.1 Å². The highest BCUT2D eigenvalue weighted by molar-refractivity contribution is 5.67. The molecule has 34 heavy (non-hydrogen) atoms. The highest BCUT2D eigenvalue weighted by Crippen LogP contribution is 2.27. The van der Waals surface area contributed by atoms with Gasteiger partial charge in [0.25, 0.3) is 0 Å². The SMILES string of the molecule is COc1ccc(CC(C)(C)NC[C@@H](O)COC(C)c2cccc(-c3ccccc3C)c2)cc1F. The van der Waals surface area contributed by atoms with Gasteiger partial charge in [0.15, 0.2) is 11.6 Å². The number of halogens is 1. The maximum Gasteiger partial charge on any atom is 0.165 e. The molecule has 4 nitrogen and oxygen atoms in total. The van der Waals surface area contributed by atoms with Crippen molar-refractivity contribution in [2.24, 2.45) is 0 Å². The van der Waals surface area contributed by atoms with Crippen LogP contribution in [0.25, 0.3) is 11.1 Å². The molecule has 3 aromatic carbocycles. The molecule has 0 saturated heterocycles. The topological polar surface area (TPSA) is 50.7 Å². The molecule has 0 spiro atoms. The molecule has 0 aliphatic rings. The predicted molar refractivity (Wildman–Crippen MR) is 136 cm³/mol. The summed E-state index contributed by atoms with van der Waals surface area (Å²) in [6.45, 7) is 8.76. The van der Waals surface area contributed by atoms with Crippen molar-refractivity contribution < 1.29 is 19.0 Å². The average Bonchev–Trinajstić information content (AvgIpc) is 2.81. The maximum absolute atomic E-state index is 14.0. The second-order valence-electron chi connectivity index (χ2n) is 9.48. The number of aliphatic hydroxyl groups excluding tert-OH is 1. The summed E-state index contributed by atoms with van der Waals surface area (Å²) in [5.74, 6) is -0.134. The Balaban J connectivity index is 1.51. The molecule has 0 saturated carbocycles. The van der Waals surface area contributed by atoms with Crippen molar-refractivity contribution in [1.82, 2.24) is 5.32 Å². The van der Waals surface area contributed by atoms with Crippen LogP contribution in [-0.4, -0.2) is 37.0 Å². The fourth-order valence-corrected chi connectivity index (χ4v) is 4.05. The number of nitrogens with one attached hydrogen (secondary N) is 1. The van der Waals surface area contributed by atoms with Crippen LogP contribution in [0.15, 0.2) is 66.7 Å². The van der Waals surface area contributed by atoms with E-state index in [1.54, 1.807) is 6.07 Å². The molecule has 0 bridgehead atoms. The fraction of sp³-hybridized carbons (Fsp3) is 0.379. The minimum atomic E-state index is -0.658. The van der Waals surface area contributed by atoms with Gasteiger partial charge in [0, 0.05) is 12.1 Å². The molecule has 2 atom stereocenters. The van der Waals surface area contributed by atoms with E-state index >= 15 is 0 Å². The first-order valence-electron chi connectivity index (χ1n) is 11.7. The third-order valence-electron chi connectivity index (χ3n) is 6.03. The van der Waals surface area contributed by atoms with E-state index in [-0.39, 0.29) is 29.8 Å². The Kier molecular flexibility index (Phi) is 8.84. The van der Waals surface area contributed by atoms with Gasteiger partial charge in [-0.3, -0.25) is 0 Å². The quantitative estimate of drug-likeness (QED) is 0.372. The Morgan fingerprint density at radius 3 is 2.50 bits per heavy atom. The monoisotopic (exact) mass is 465 g/mol. The van der Waals surface area contributed by atoms with Gasteiger partial charge in [-0.2, -0.15) is 0 Å². The third-order valence-corrected chi connectivity index (χ3v) is 6.03. The van der Waals surface area contributed by atoms with E-state index in [1.165, 1.54) is 24.3 Å². The van der Waals surface area contributed by atoms with Crippen LogP contribution in [0.5, 0.6) is 5.75 Å². The predicted octanol–water partition coefficient (Wildman–Crippen LogP) is 5.86. The largest absolute Gasteiger partial charge is 0.494 e. The van der Waals surface area contributed by atoms with Crippen molar-refractivity contribution in [2.75, 3.05) is 20.3 Å². The van der Waals surface area contributed by atoms with Crippen molar-refractivity contribution in [3.63, 3.8) is 0 Å². The van der Waals surface area contributed by atoms with Crippen LogP contribution in [0.4, 0.5) is 4.39 Å². The summed E-state index contributed by atoms with van der Waals surface area (Å²) in [5.41, 5.74) is 5.21. The number of ether oxygens (including phenoxy) is 2. The van der Waals surface area contributed by atoms with E-state index in [4.69, 9.17) is 9.47 Å². The van der Waals surface area contributed by atoms with Crippen molar-refractivity contribution in [3.8, 4) is 16.9 Å². The Morgan fingerprint density at radius 1 is 1.03 bits per heavy atom. The zero-order valence-corrected chi connectivity index (χ0v) is 20.8. The number of hydrogen-bond acceptors (Lipinski definition) is 4. The molecule has 3 aromatic rings. The number of methoxy groups -OCH3 is 1. The number of benzene rings is 3. The van der Waals surface area contributed by atoms with Crippen LogP contribution >= 0.6 is 0 Å². The van der Waals surface area contributed by atoms with Crippen LogP contribution in [0, 0.1) is 12.7 Å². The van der Waals surface area contributed by atoms with Crippen molar-refractivity contribution in [3.05, 3.63) is 89.2 Å². The average molecular weight is 466 g/mol. The van der Waals surface area contributed by atoms with Gasteiger partial charge in [0.1, 0.15) is 0 Å². The molecule has 0 aromatic heterocycles. The molecule has 3 rings (SSSR count). The van der Waals surface area contributed by atoms with E-state index in [1.807, 2.05) is 51.1 Å². The molecule has 0 aliphatic carbocycles. The Labute approximate surface area is 202 Å². The van der Waals surface area contributed by atoms with Gasteiger partial charge in [-0.1, -0.05) is 48.5 Å². The number of aliphatic hydroxyl groups is 1. The molecule has 0 amide bonds. The lowest BCUT2D eigenvalue weighted by Gasteiger charge is -2.28. The van der Waals surface area contributed by atoms with Crippen LogP contribution in [0.3, 0.4) is 0 Å². The fourth-order valence-electron chi connectivity index (χ4n) is 4.05. The molecule has 0 radical (unpaired) electrons. The molecule has 0 fully saturated rings. The highest BCUT2D eigenvalue weighted by Gasteiger charge is 2.21.